The van der Waals surface area contributed by atoms with Gasteiger partial charge in [0.05, 0.1) is 5.04 Å². The SMILES string of the molecule is C=C(C)S/C(=N\N)C(C)C. The number of hydrazone groups is 1. The van der Waals surface area contributed by atoms with Gasteiger partial charge in [-0.15, -0.1) is 0 Å². The average molecular weight is 158 g/mol. The molecule has 0 aromatic rings. The van der Waals surface area contributed by atoms with Crippen LogP contribution in [-0.4, -0.2) is 5.04 Å². The highest BCUT2D eigenvalue weighted by atomic mass is 32.2. The molecule has 0 rings (SSSR count). The number of nitrogens with zero attached hydrogens (tertiary/aromatic N) is 1. The van der Waals surface area contributed by atoms with Crippen LogP contribution in [0.1, 0.15) is 20.8 Å². The predicted octanol–water partition coefficient (Wildman–Crippen LogP) is 2.18. The van der Waals surface area contributed by atoms with Crippen LogP contribution < -0.4 is 5.84 Å². The second-order valence-corrected chi connectivity index (χ2v) is 3.75. The van der Waals surface area contributed by atoms with Crippen molar-refractivity contribution in [3.05, 3.63) is 11.5 Å². The van der Waals surface area contributed by atoms with Gasteiger partial charge in [-0.3, -0.25) is 0 Å². The molecule has 0 bridgehead atoms. The molecule has 3 heteroatoms. The lowest BCUT2D eigenvalue weighted by Crippen LogP contribution is -2.05. The highest BCUT2D eigenvalue weighted by Crippen LogP contribution is 2.18. The normalized spacial score (nSPS) is 12.2. The summed E-state index contributed by atoms with van der Waals surface area (Å²) in [6.07, 6.45) is 0. The first-order chi connectivity index (χ1) is 4.57. The molecule has 0 spiro atoms. The van der Waals surface area contributed by atoms with Crippen molar-refractivity contribution in [2.24, 2.45) is 16.9 Å². The van der Waals surface area contributed by atoms with Gasteiger partial charge in [0, 0.05) is 5.92 Å². The molecule has 0 amide bonds. The molecule has 0 aliphatic rings. The summed E-state index contributed by atoms with van der Waals surface area (Å²) < 4.78 is 0. The Morgan fingerprint density at radius 3 is 2.20 bits per heavy atom. The summed E-state index contributed by atoms with van der Waals surface area (Å²) in [5, 5.41) is 4.58. The van der Waals surface area contributed by atoms with Crippen molar-refractivity contribution in [3.8, 4) is 0 Å². The molecule has 2 N–H and O–H groups in total. The first-order valence-electron chi connectivity index (χ1n) is 3.19. The summed E-state index contributed by atoms with van der Waals surface area (Å²) in [7, 11) is 0. The van der Waals surface area contributed by atoms with Gasteiger partial charge in [0.2, 0.25) is 0 Å². The largest absolute Gasteiger partial charge is 0.323 e. The quantitative estimate of drug-likeness (QED) is 0.289. The minimum Gasteiger partial charge on any atom is -0.323 e. The third-order valence-corrected chi connectivity index (χ3v) is 2.03. The Balaban J connectivity index is 3.99. The maximum absolute atomic E-state index is 5.15. The van der Waals surface area contributed by atoms with Crippen molar-refractivity contribution in [1.29, 1.82) is 0 Å². The van der Waals surface area contributed by atoms with Gasteiger partial charge in [0.15, 0.2) is 0 Å². The summed E-state index contributed by atoms with van der Waals surface area (Å²) in [5.74, 6) is 5.54. The second-order valence-electron chi connectivity index (χ2n) is 2.43. The van der Waals surface area contributed by atoms with E-state index in [1.807, 2.05) is 6.92 Å². The molecular weight excluding hydrogens is 144 g/mol. The van der Waals surface area contributed by atoms with Crippen molar-refractivity contribution in [1.82, 2.24) is 0 Å². The third-order valence-electron chi connectivity index (χ3n) is 0.900. The number of hydrogen-bond donors (Lipinski definition) is 1. The maximum Gasteiger partial charge on any atom is 0.0998 e. The van der Waals surface area contributed by atoms with E-state index in [1.165, 1.54) is 11.8 Å². The zero-order valence-corrected chi connectivity index (χ0v) is 7.53. The molecule has 0 aliphatic carbocycles. The molecule has 58 valence electrons. The number of nitrogens with two attached hydrogens (primary N) is 1. The van der Waals surface area contributed by atoms with Gasteiger partial charge >= 0.3 is 0 Å². The summed E-state index contributed by atoms with van der Waals surface area (Å²) in [4.78, 5) is 1.03. The van der Waals surface area contributed by atoms with Crippen LogP contribution in [0.3, 0.4) is 0 Å². The lowest BCUT2D eigenvalue weighted by Gasteiger charge is -2.06. The highest BCUT2D eigenvalue weighted by molar-refractivity contribution is 8.17. The second kappa shape index (κ2) is 4.39. The Bertz CT molecular complexity index is 150. The van der Waals surface area contributed by atoms with Gasteiger partial charge in [-0.2, -0.15) is 5.10 Å². The number of thioether (sulfide) groups is 1. The summed E-state index contributed by atoms with van der Waals surface area (Å²) in [6, 6.07) is 0. The smallest absolute Gasteiger partial charge is 0.0998 e. The van der Waals surface area contributed by atoms with Gasteiger partial charge in [-0.25, -0.2) is 0 Å². The Kier molecular flexibility index (Phi) is 4.19. The predicted molar refractivity (Wildman–Crippen MR) is 48.9 cm³/mol. The minimum absolute atomic E-state index is 0.395. The summed E-state index contributed by atoms with van der Waals surface area (Å²) >= 11 is 1.54. The molecule has 0 aliphatic heterocycles. The van der Waals surface area contributed by atoms with Crippen LogP contribution in [-0.2, 0) is 0 Å². The molecule has 0 unspecified atom stereocenters. The van der Waals surface area contributed by atoms with Gasteiger partial charge in [-0.1, -0.05) is 32.2 Å². The van der Waals surface area contributed by atoms with E-state index >= 15 is 0 Å². The monoisotopic (exact) mass is 158 g/mol. The molecule has 0 atom stereocenters. The third kappa shape index (κ3) is 3.56. The van der Waals surface area contributed by atoms with Crippen molar-refractivity contribution < 1.29 is 0 Å². The van der Waals surface area contributed by atoms with E-state index in [0.717, 1.165) is 9.95 Å². The fourth-order valence-corrected chi connectivity index (χ4v) is 1.12. The van der Waals surface area contributed by atoms with Gasteiger partial charge in [0.1, 0.15) is 0 Å². The standard InChI is InChI=1S/C7H14N2S/c1-5(2)7(9-8)10-6(3)4/h5H,3,8H2,1-2,4H3/b9-7-. The molecule has 0 aromatic heterocycles. The van der Waals surface area contributed by atoms with Crippen molar-refractivity contribution in [2.75, 3.05) is 0 Å². The van der Waals surface area contributed by atoms with E-state index in [4.69, 9.17) is 5.84 Å². The van der Waals surface area contributed by atoms with Crippen LogP contribution >= 0.6 is 11.8 Å². The zero-order valence-electron chi connectivity index (χ0n) is 6.72. The lowest BCUT2D eigenvalue weighted by molar-refractivity contribution is 0.893. The zero-order chi connectivity index (χ0) is 8.15. The van der Waals surface area contributed by atoms with Crippen LogP contribution in [0, 0.1) is 5.92 Å². The van der Waals surface area contributed by atoms with E-state index in [-0.39, 0.29) is 0 Å². The van der Waals surface area contributed by atoms with Crippen molar-refractivity contribution in [3.63, 3.8) is 0 Å². The van der Waals surface area contributed by atoms with Crippen molar-refractivity contribution in [2.45, 2.75) is 20.8 Å². The van der Waals surface area contributed by atoms with Crippen LogP contribution in [0.4, 0.5) is 0 Å². The van der Waals surface area contributed by atoms with E-state index in [0.29, 0.717) is 5.92 Å². The number of hydrogen-bond acceptors (Lipinski definition) is 3. The molecule has 0 heterocycles. The van der Waals surface area contributed by atoms with Crippen LogP contribution in [0.5, 0.6) is 0 Å². The molecule has 0 saturated carbocycles. The molecular formula is C7H14N2S. The topological polar surface area (TPSA) is 38.4 Å². The Labute approximate surface area is 66.6 Å². The Hall–Kier alpha value is -0.440. The Morgan fingerprint density at radius 2 is 2.10 bits per heavy atom. The molecule has 0 fully saturated rings. The fraction of sp³-hybridized carbons (Fsp3) is 0.571. The van der Waals surface area contributed by atoms with Crippen LogP contribution in [0.25, 0.3) is 0 Å². The van der Waals surface area contributed by atoms with E-state index in [1.54, 1.807) is 0 Å². The summed E-state index contributed by atoms with van der Waals surface area (Å²) in [5.41, 5.74) is 0. The molecule has 10 heavy (non-hydrogen) atoms. The van der Waals surface area contributed by atoms with Crippen LogP contribution in [0.2, 0.25) is 0 Å². The van der Waals surface area contributed by atoms with E-state index in [9.17, 15) is 0 Å². The maximum atomic E-state index is 5.15. The van der Waals surface area contributed by atoms with Crippen LogP contribution in [0.15, 0.2) is 16.6 Å². The van der Waals surface area contributed by atoms with Crippen molar-refractivity contribution >= 4 is 16.8 Å². The van der Waals surface area contributed by atoms with Gasteiger partial charge < -0.3 is 5.84 Å². The molecule has 0 radical (unpaired) electrons. The average Bonchev–Trinajstić information content (AvgIpc) is 1.81. The van der Waals surface area contributed by atoms with E-state index < -0.39 is 0 Å². The van der Waals surface area contributed by atoms with Gasteiger partial charge in [-0.05, 0) is 11.8 Å². The number of rotatable bonds is 2. The molecule has 0 saturated heterocycles. The Morgan fingerprint density at radius 1 is 1.60 bits per heavy atom. The van der Waals surface area contributed by atoms with Gasteiger partial charge in [0.25, 0.3) is 0 Å². The summed E-state index contributed by atoms with van der Waals surface area (Å²) in [6.45, 7) is 9.81. The lowest BCUT2D eigenvalue weighted by atomic mass is 10.2. The first kappa shape index (κ1) is 9.56. The fourth-order valence-electron chi connectivity index (χ4n) is 0.472. The molecule has 2 nitrogen and oxygen atoms in total. The number of allylic oxidation sites excluding steroid dienone is 1. The first-order valence-corrected chi connectivity index (χ1v) is 4.00. The molecule has 0 aromatic carbocycles. The van der Waals surface area contributed by atoms with E-state index in [2.05, 4.69) is 25.5 Å². The highest BCUT2D eigenvalue weighted by Gasteiger charge is 2.04. The minimum atomic E-state index is 0.395.